The van der Waals surface area contributed by atoms with E-state index in [-0.39, 0.29) is 24.2 Å². The molecule has 1 aromatic rings. The zero-order chi connectivity index (χ0) is 27.4. The molecule has 0 saturated carbocycles. The summed E-state index contributed by atoms with van der Waals surface area (Å²) < 4.78 is 5.90. The molecule has 0 unspecified atom stereocenters. The predicted molar refractivity (Wildman–Crippen MR) is 163 cm³/mol. The first-order valence-electron chi connectivity index (χ1n) is 12.8. The minimum Gasteiger partial charge on any atom is -0.457 e. The third-order valence-corrected chi connectivity index (χ3v) is 7.46. The molecule has 0 aromatic heterocycles. The number of benzene rings is 1. The molecule has 186 valence electrons. The van der Waals surface area contributed by atoms with Crippen LogP contribution in [0.15, 0.2) is 0 Å². The van der Waals surface area contributed by atoms with E-state index in [4.69, 9.17) is 4.74 Å². The topological polar surface area (TPSA) is 114 Å². The summed E-state index contributed by atoms with van der Waals surface area (Å²) in [4.78, 5) is 49.6. The zero-order valence-corrected chi connectivity index (χ0v) is 23.3. The monoisotopic (exact) mass is 487 g/mol. The molecule has 0 radical (unpaired) electrons. The first-order valence-corrected chi connectivity index (χ1v) is 12.8. The van der Waals surface area contributed by atoms with Crippen LogP contribution in [0.5, 0.6) is 0 Å². The van der Waals surface area contributed by atoms with Crippen LogP contribution in [0.2, 0.25) is 0 Å². The van der Waals surface area contributed by atoms with Crippen molar-refractivity contribution >= 4 is 106 Å². The van der Waals surface area contributed by atoms with Crippen molar-refractivity contribution in [2.24, 2.45) is 11.8 Å². The lowest BCUT2D eigenvalue weighted by atomic mass is 9.51. The Balaban J connectivity index is 2.17. The summed E-state index contributed by atoms with van der Waals surface area (Å²) in [7, 11) is 14.0. The molecule has 3 N–H and O–H groups in total. The van der Waals surface area contributed by atoms with E-state index in [9.17, 15) is 19.2 Å². The number of aldehydes is 1. The first kappa shape index (κ1) is 29.8. The highest BCUT2D eigenvalue weighted by Gasteiger charge is 2.33. The average molecular weight is 486 g/mol. The molecular formula is C21H36B7N3O5. The van der Waals surface area contributed by atoms with Gasteiger partial charge in [-0.2, -0.15) is 0 Å². The van der Waals surface area contributed by atoms with Crippen molar-refractivity contribution < 1.29 is 23.9 Å². The van der Waals surface area contributed by atoms with E-state index in [0.29, 0.717) is 25.7 Å². The molecule has 0 aliphatic carbocycles. The maximum atomic E-state index is 13.1. The third kappa shape index (κ3) is 7.07. The van der Waals surface area contributed by atoms with Gasteiger partial charge in [0, 0.05) is 12.5 Å². The van der Waals surface area contributed by atoms with E-state index in [1.54, 1.807) is 0 Å². The average Bonchev–Trinajstić information content (AvgIpc) is 3.18. The molecular weight excluding hydrogens is 450 g/mol. The van der Waals surface area contributed by atoms with Crippen LogP contribution in [-0.2, 0) is 24.5 Å². The standard InChI is InChI=1S/C21H36B7N3O5/c1-8(2)5-11(19(34)30-10(7-32)6-9-3-4-29-18(9)33)31-20(35)36-21(27,28)12-13(22)15(24)17(26)16(25)14(12)23/h7-11H,3-6,22-28H2,1-2H3,(H,29,33)(H,30,34)(H,31,35)/t9-,10-,11-/m0/s1. The molecule has 15 heteroatoms. The van der Waals surface area contributed by atoms with Gasteiger partial charge in [-0.1, -0.05) is 24.8 Å². The molecule has 1 heterocycles. The Morgan fingerprint density at radius 2 is 1.61 bits per heavy atom. The van der Waals surface area contributed by atoms with Gasteiger partial charge in [-0.15, -0.1) is 16.4 Å². The highest BCUT2D eigenvalue weighted by molar-refractivity contribution is 6.68. The summed E-state index contributed by atoms with van der Waals surface area (Å²) in [5.74, 6) is -0.777. The lowest BCUT2D eigenvalue weighted by Gasteiger charge is -2.34. The Kier molecular flexibility index (Phi) is 10.1. The van der Waals surface area contributed by atoms with E-state index in [1.807, 2.05) is 45.2 Å². The summed E-state index contributed by atoms with van der Waals surface area (Å²) in [6, 6.07) is -1.68. The van der Waals surface area contributed by atoms with Gasteiger partial charge in [0.05, 0.1) is 11.4 Å². The van der Waals surface area contributed by atoms with Crippen LogP contribution in [0, 0.1) is 11.8 Å². The van der Waals surface area contributed by atoms with Crippen molar-refractivity contribution in [1.82, 2.24) is 16.0 Å². The number of hydrogen-bond donors (Lipinski definition) is 3. The number of amides is 3. The molecule has 1 aliphatic rings. The van der Waals surface area contributed by atoms with Crippen LogP contribution in [-0.4, -0.2) is 97.7 Å². The number of alkyl carbamates (subject to hydrolysis) is 1. The molecule has 1 fully saturated rings. The second-order valence-electron chi connectivity index (χ2n) is 11.0. The van der Waals surface area contributed by atoms with Crippen LogP contribution >= 0.6 is 0 Å². The SMILES string of the molecule is Bc1c(B)c(B)c(C(B)(B)OC(=O)N[C@@H](CC(C)C)C(=O)N[C@H](C=O)C[C@@H]2CCNC2=O)c(B)c1B. The molecule has 1 aliphatic heterocycles. The molecule has 3 amide bonds. The molecule has 0 bridgehead atoms. The fourth-order valence-corrected chi connectivity index (χ4v) is 5.17. The summed E-state index contributed by atoms with van der Waals surface area (Å²) in [6.45, 7) is 4.46. The first-order chi connectivity index (χ1) is 16.7. The third-order valence-electron chi connectivity index (χ3n) is 7.46. The fourth-order valence-electron chi connectivity index (χ4n) is 5.17. The quantitative estimate of drug-likeness (QED) is 0.225. The van der Waals surface area contributed by atoms with Crippen LogP contribution in [0.4, 0.5) is 4.79 Å². The Morgan fingerprint density at radius 3 is 2.08 bits per heavy atom. The molecule has 1 saturated heterocycles. The number of nitrogens with one attached hydrogen (secondary N) is 3. The Labute approximate surface area is 220 Å². The fraction of sp³-hybridized carbons (Fsp3) is 0.524. The van der Waals surface area contributed by atoms with Gasteiger partial charge >= 0.3 is 6.09 Å². The largest absolute Gasteiger partial charge is 0.457 e. The van der Waals surface area contributed by atoms with Crippen molar-refractivity contribution in [2.45, 2.75) is 50.6 Å². The smallest absolute Gasteiger partial charge is 0.407 e. The molecule has 8 nitrogen and oxygen atoms in total. The zero-order valence-electron chi connectivity index (χ0n) is 23.3. The van der Waals surface area contributed by atoms with Crippen LogP contribution in [0.25, 0.3) is 0 Å². The van der Waals surface area contributed by atoms with Gasteiger partial charge in [0.1, 0.15) is 51.6 Å². The Bertz CT molecular complexity index is 1010. The summed E-state index contributed by atoms with van der Waals surface area (Å²) in [6.07, 6.45) is 1.18. The molecule has 36 heavy (non-hydrogen) atoms. The van der Waals surface area contributed by atoms with E-state index in [2.05, 4.69) is 39.5 Å². The minimum absolute atomic E-state index is 0.106. The number of rotatable bonds is 10. The van der Waals surface area contributed by atoms with Gasteiger partial charge in [-0.05, 0) is 30.7 Å². The second kappa shape index (κ2) is 12.2. The summed E-state index contributed by atoms with van der Waals surface area (Å²) >= 11 is 0. The van der Waals surface area contributed by atoms with Crippen molar-refractivity contribution in [1.29, 1.82) is 0 Å². The second-order valence-corrected chi connectivity index (χ2v) is 11.0. The molecule has 1 aromatic carbocycles. The van der Waals surface area contributed by atoms with E-state index < -0.39 is 29.5 Å². The van der Waals surface area contributed by atoms with Gasteiger partial charge in [0.15, 0.2) is 15.7 Å². The summed E-state index contributed by atoms with van der Waals surface area (Å²) in [5, 5.41) is 7.23. The normalized spacial score (nSPS) is 17.2. The van der Waals surface area contributed by atoms with Gasteiger partial charge in [0.25, 0.3) is 0 Å². The van der Waals surface area contributed by atoms with Crippen LogP contribution < -0.4 is 43.3 Å². The lowest BCUT2D eigenvalue weighted by Crippen LogP contribution is -2.60. The van der Waals surface area contributed by atoms with Crippen molar-refractivity contribution in [3.05, 3.63) is 5.56 Å². The summed E-state index contributed by atoms with van der Waals surface area (Å²) in [5.41, 5.74) is 6.67. The maximum absolute atomic E-state index is 13.1. The Hall–Kier alpha value is -2.45. The number of carbonyl (C=O) groups is 4. The lowest BCUT2D eigenvalue weighted by molar-refractivity contribution is -0.127. The van der Waals surface area contributed by atoms with Crippen molar-refractivity contribution in [3.63, 3.8) is 0 Å². The van der Waals surface area contributed by atoms with Gasteiger partial charge in [-0.25, -0.2) is 4.79 Å². The van der Waals surface area contributed by atoms with Gasteiger partial charge in [-0.3, -0.25) is 9.59 Å². The maximum Gasteiger partial charge on any atom is 0.407 e. The molecule has 0 spiro atoms. The predicted octanol–water partition coefficient (Wildman–Crippen LogP) is -9.29. The van der Waals surface area contributed by atoms with Gasteiger partial charge < -0.3 is 25.5 Å². The van der Waals surface area contributed by atoms with E-state index >= 15 is 0 Å². The van der Waals surface area contributed by atoms with Gasteiger partial charge in [0.2, 0.25) is 11.8 Å². The highest BCUT2D eigenvalue weighted by atomic mass is 16.6. The molecule has 3 atom stereocenters. The van der Waals surface area contributed by atoms with Crippen LogP contribution in [0.3, 0.4) is 0 Å². The van der Waals surface area contributed by atoms with Crippen molar-refractivity contribution in [2.75, 3.05) is 6.54 Å². The van der Waals surface area contributed by atoms with Crippen LogP contribution in [0.1, 0.15) is 38.7 Å². The van der Waals surface area contributed by atoms with Crippen molar-refractivity contribution in [3.8, 4) is 0 Å². The minimum atomic E-state index is -0.929. The van der Waals surface area contributed by atoms with E-state index in [0.717, 1.165) is 27.4 Å². The van der Waals surface area contributed by atoms with E-state index in [1.165, 1.54) is 5.46 Å². The Morgan fingerprint density at radius 1 is 1.06 bits per heavy atom. The number of hydrogen-bond acceptors (Lipinski definition) is 5. The molecule has 2 rings (SSSR count). The number of ether oxygens (including phenoxy) is 1. The number of carbonyl (C=O) groups excluding carboxylic acids is 4. The highest BCUT2D eigenvalue weighted by Crippen LogP contribution is 2.17.